The Balaban J connectivity index is 0.000000637. The average molecular weight is 265 g/mol. The number of hydrogen-bond acceptors (Lipinski definition) is 3. The molecule has 2 heterocycles. The summed E-state index contributed by atoms with van der Waals surface area (Å²) in [4.78, 5) is 6.54. The topological polar surface area (TPSA) is 42.2 Å². The first-order valence-corrected chi connectivity index (χ1v) is 7.19. The zero-order valence-electron chi connectivity index (χ0n) is 12.1. The van der Waals surface area contributed by atoms with Crippen LogP contribution < -0.4 is 5.73 Å². The van der Waals surface area contributed by atoms with Gasteiger partial charge in [0.05, 0.1) is 6.20 Å². The van der Waals surface area contributed by atoms with E-state index in [1.807, 2.05) is 13.8 Å². The third-order valence-corrected chi connectivity index (χ3v) is 4.47. The fourth-order valence-electron chi connectivity index (χ4n) is 3.23. The number of nitrogens with two attached hydrogens (primary N) is 1. The maximum Gasteiger partial charge on any atom is 0.141 e. The quantitative estimate of drug-likeness (QED) is 0.783. The normalized spacial score (nSPS) is 24.8. The van der Waals surface area contributed by atoms with E-state index in [0.717, 1.165) is 43.6 Å². The van der Waals surface area contributed by atoms with Crippen LogP contribution in [0, 0.1) is 11.2 Å². The Kier molecular flexibility index (Phi) is 4.21. The Bertz CT molecular complexity index is 439. The molecule has 3 rings (SSSR count). The molecule has 4 heteroatoms. The summed E-state index contributed by atoms with van der Waals surface area (Å²) in [7, 11) is 2.14. The van der Waals surface area contributed by atoms with Gasteiger partial charge in [-0.1, -0.05) is 13.8 Å². The van der Waals surface area contributed by atoms with E-state index in [1.54, 1.807) is 6.07 Å². The van der Waals surface area contributed by atoms with Crippen molar-refractivity contribution in [1.29, 1.82) is 0 Å². The molecule has 2 N–H and O–H groups in total. The molecule has 1 saturated heterocycles. The van der Waals surface area contributed by atoms with Crippen molar-refractivity contribution < 1.29 is 4.39 Å². The minimum Gasteiger partial charge on any atom is -0.323 e. The molecular weight excluding hydrogens is 241 g/mol. The van der Waals surface area contributed by atoms with Crippen LogP contribution >= 0.6 is 0 Å². The van der Waals surface area contributed by atoms with Crippen LogP contribution in [0.3, 0.4) is 0 Å². The number of aromatic nitrogens is 1. The van der Waals surface area contributed by atoms with Crippen LogP contribution in [0.15, 0.2) is 12.3 Å². The number of rotatable bonds is 0. The summed E-state index contributed by atoms with van der Waals surface area (Å²) in [6, 6.07) is 1.52. The molecule has 0 amide bonds. The second-order valence-electron chi connectivity index (χ2n) is 5.51. The molecule has 1 aromatic rings. The molecule has 1 fully saturated rings. The van der Waals surface area contributed by atoms with E-state index in [1.165, 1.54) is 6.20 Å². The van der Waals surface area contributed by atoms with Gasteiger partial charge in [-0.3, -0.25) is 4.98 Å². The van der Waals surface area contributed by atoms with E-state index >= 15 is 0 Å². The summed E-state index contributed by atoms with van der Waals surface area (Å²) in [5, 5.41) is 0. The molecule has 1 spiro atoms. The van der Waals surface area contributed by atoms with Gasteiger partial charge in [-0.2, -0.15) is 0 Å². The molecule has 0 unspecified atom stereocenters. The van der Waals surface area contributed by atoms with E-state index in [-0.39, 0.29) is 17.3 Å². The fourth-order valence-corrected chi connectivity index (χ4v) is 3.23. The highest BCUT2D eigenvalue weighted by atomic mass is 19.1. The van der Waals surface area contributed by atoms with Crippen molar-refractivity contribution in [2.75, 3.05) is 20.1 Å². The monoisotopic (exact) mass is 265 g/mol. The van der Waals surface area contributed by atoms with Gasteiger partial charge < -0.3 is 10.6 Å². The SMILES string of the molecule is CC.CN1CCC2(CC1)Cc1ncc(F)cc1[C@@H]2N. The van der Waals surface area contributed by atoms with Crippen LogP contribution in [0.2, 0.25) is 0 Å². The highest BCUT2D eigenvalue weighted by Gasteiger charge is 2.46. The summed E-state index contributed by atoms with van der Waals surface area (Å²) < 4.78 is 13.2. The van der Waals surface area contributed by atoms with E-state index in [2.05, 4.69) is 16.9 Å². The number of hydrogen-bond donors (Lipinski definition) is 1. The molecule has 1 aliphatic heterocycles. The molecule has 1 atom stereocenters. The molecule has 1 aliphatic carbocycles. The van der Waals surface area contributed by atoms with E-state index in [9.17, 15) is 4.39 Å². The summed E-state index contributed by atoms with van der Waals surface area (Å²) in [5.74, 6) is -0.274. The summed E-state index contributed by atoms with van der Waals surface area (Å²) in [6.07, 6.45) is 4.39. The first-order valence-electron chi connectivity index (χ1n) is 7.19. The predicted octanol–water partition coefficient (Wildman–Crippen LogP) is 2.51. The van der Waals surface area contributed by atoms with Gasteiger partial charge in [0, 0.05) is 11.7 Å². The molecule has 0 bridgehead atoms. The standard InChI is InChI=1S/C13H18FN3.C2H6/c1-17-4-2-13(3-5-17)7-11-10(12(13)15)6-9(14)8-16-11;1-2/h6,8,12H,2-5,7,15H2,1H3;1-2H3/t12-;/m0./s1. The Hall–Kier alpha value is -1.00. The van der Waals surface area contributed by atoms with Crippen molar-refractivity contribution in [3.8, 4) is 0 Å². The van der Waals surface area contributed by atoms with Gasteiger partial charge >= 0.3 is 0 Å². The number of fused-ring (bicyclic) bond motifs is 1. The Morgan fingerprint density at radius 3 is 2.63 bits per heavy atom. The van der Waals surface area contributed by atoms with Crippen molar-refractivity contribution in [2.45, 2.75) is 39.2 Å². The Labute approximate surface area is 115 Å². The van der Waals surface area contributed by atoms with Crippen molar-refractivity contribution >= 4 is 0 Å². The van der Waals surface area contributed by atoms with E-state index in [4.69, 9.17) is 5.73 Å². The maximum absolute atomic E-state index is 13.2. The Morgan fingerprint density at radius 1 is 1.37 bits per heavy atom. The molecule has 19 heavy (non-hydrogen) atoms. The van der Waals surface area contributed by atoms with Crippen LogP contribution in [0.25, 0.3) is 0 Å². The van der Waals surface area contributed by atoms with Crippen LogP contribution in [0.5, 0.6) is 0 Å². The van der Waals surface area contributed by atoms with Crippen molar-refractivity contribution in [3.63, 3.8) is 0 Å². The molecular formula is C15H24FN3. The predicted molar refractivity (Wildman–Crippen MR) is 75.3 cm³/mol. The van der Waals surface area contributed by atoms with Crippen molar-refractivity contribution in [1.82, 2.24) is 9.88 Å². The van der Waals surface area contributed by atoms with Crippen molar-refractivity contribution in [2.24, 2.45) is 11.1 Å². The van der Waals surface area contributed by atoms with Gasteiger partial charge in [0.1, 0.15) is 5.82 Å². The number of piperidine rings is 1. The van der Waals surface area contributed by atoms with Gasteiger partial charge in [-0.25, -0.2) is 4.39 Å². The minimum absolute atomic E-state index is 0.0469. The molecule has 0 radical (unpaired) electrons. The zero-order chi connectivity index (χ0) is 14.0. The molecule has 3 nitrogen and oxygen atoms in total. The molecule has 106 valence electrons. The number of likely N-dealkylation sites (tertiary alicyclic amines) is 1. The highest BCUT2D eigenvalue weighted by molar-refractivity contribution is 5.33. The van der Waals surface area contributed by atoms with Gasteiger partial charge in [-0.05, 0) is 56.4 Å². The lowest BCUT2D eigenvalue weighted by atomic mass is 9.73. The smallest absolute Gasteiger partial charge is 0.141 e. The summed E-state index contributed by atoms with van der Waals surface area (Å²) >= 11 is 0. The first kappa shape index (κ1) is 14.4. The van der Waals surface area contributed by atoms with Crippen LogP contribution in [-0.2, 0) is 6.42 Å². The number of pyridine rings is 1. The van der Waals surface area contributed by atoms with E-state index in [0.29, 0.717) is 0 Å². The van der Waals surface area contributed by atoms with Gasteiger partial charge in [-0.15, -0.1) is 0 Å². The third-order valence-electron chi connectivity index (χ3n) is 4.47. The summed E-state index contributed by atoms with van der Waals surface area (Å²) in [6.45, 7) is 6.15. The molecule has 1 aromatic heterocycles. The largest absolute Gasteiger partial charge is 0.323 e. The number of nitrogens with zero attached hydrogens (tertiary/aromatic N) is 2. The fraction of sp³-hybridized carbons (Fsp3) is 0.667. The highest BCUT2D eigenvalue weighted by Crippen LogP contribution is 2.49. The first-order chi connectivity index (χ1) is 9.11. The Morgan fingerprint density at radius 2 is 2.00 bits per heavy atom. The van der Waals surface area contributed by atoms with Crippen LogP contribution in [0.4, 0.5) is 4.39 Å². The van der Waals surface area contributed by atoms with Crippen LogP contribution in [-0.4, -0.2) is 30.0 Å². The van der Waals surface area contributed by atoms with Crippen LogP contribution in [0.1, 0.15) is 44.0 Å². The molecule has 0 saturated carbocycles. The third kappa shape index (κ3) is 2.51. The zero-order valence-corrected chi connectivity index (χ0v) is 12.1. The maximum atomic E-state index is 13.2. The lowest BCUT2D eigenvalue weighted by Crippen LogP contribution is -2.42. The lowest BCUT2D eigenvalue weighted by molar-refractivity contribution is 0.105. The van der Waals surface area contributed by atoms with E-state index < -0.39 is 0 Å². The second kappa shape index (κ2) is 5.55. The minimum atomic E-state index is -0.274. The summed E-state index contributed by atoms with van der Waals surface area (Å²) in [5.41, 5.74) is 8.39. The molecule has 2 aliphatic rings. The van der Waals surface area contributed by atoms with Gasteiger partial charge in [0.15, 0.2) is 0 Å². The number of halogens is 1. The second-order valence-corrected chi connectivity index (χ2v) is 5.51. The average Bonchev–Trinajstić information content (AvgIpc) is 2.70. The van der Waals surface area contributed by atoms with Gasteiger partial charge in [0.25, 0.3) is 0 Å². The van der Waals surface area contributed by atoms with Crippen molar-refractivity contribution in [3.05, 3.63) is 29.3 Å². The molecule has 0 aromatic carbocycles. The lowest BCUT2D eigenvalue weighted by Gasteiger charge is -2.40. The van der Waals surface area contributed by atoms with Gasteiger partial charge in [0.2, 0.25) is 0 Å².